The number of ketones is 1. The first kappa shape index (κ1) is 15.4. The van der Waals surface area contributed by atoms with Gasteiger partial charge < -0.3 is 14.5 Å². The Balaban J connectivity index is 1.89. The van der Waals surface area contributed by atoms with Crippen molar-refractivity contribution < 1.29 is 14.3 Å². The smallest absolute Gasteiger partial charge is 0.169 e. The zero-order valence-electron chi connectivity index (χ0n) is 12.9. The van der Waals surface area contributed by atoms with E-state index >= 15 is 0 Å². The minimum Gasteiger partial charge on any atom is -0.493 e. The number of hydrogen-bond acceptors (Lipinski definition) is 3. The van der Waals surface area contributed by atoms with E-state index < -0.39 is 0 Å². The van der Waals surface area contributed by atoms with Gasteiger partial charge in [0.05, 0.1) is 14.2 Å². The Kier molecular flexibility index (Phi) is 4.26. The Bertz CT molecular complexity index is 870. The van der Waals surface area contributed by atoms with Gasteiger partial charge in [0.25, 0.3) is 0 Å². The summed E-state index contributed by atoms with van der Waals surface area (Å²) in [6, 6.07) is 10.9. The predicted octanol–water partition coefficient (Wildman–Crippen LogP) is 4.26. The van der Waals surface area contributed by atoms with E-state index in [4.69, 9.17) is 21.1 Å². The summed E-state index contributed by atoms with van der Waals surface area (Å²) in [6.45, 7) is 0. The third-order valence-electron chi connectivity index (χ3n) is 3.76. The van der Waals surface area contributed by atoms with Crippen molar-refractivity contribution in [1.29, 1.82) is 0 Å². The van der Waals surface area contributed by atoms with Gasteiger partial charge in [-0.25, -0.2) is 0 Å². The number of Topliss-reactive ketones (excluding diaryl/α,β-unsaturated/α-hetero) is 1. The Morgan fingerprint density at radius 2 is 1.87 bits per heavy atom. The topological polar surface area (TPSA) is 51.3 Å². The van der Waals surface area contributed by atoms with Gasteiger partial charge in [-0.2, -0.15) is 0 Å². The van der Waals surface area contributed by atoms with Gasteiger partial charge in [-0.1, -0.05) is 23.7 Å². The Labute approximate surface area is 139 Å². The molecule has 0 aliphatic heterocycles. The summed E-state index contributed by atoms with van der Waals surface area (Å²) >= 11 is 5.97. The molecule has 4 nitrogen and oxygen atoms in total. The van der Waals surface area contributed by atoms with Crippen LogP contribution in [0.2, 0.25) is 5.02 Å². The molecular formula is C18H16ClNO3. The molecule has 3 rings (SSSR count). The molecule has 1 heterocycles. The number of halogens is 1. The van der Waals surface area contributed by atoms with Crippen LogP contribution in [-0.2, 0) is 6.42 Å². The monoisotopic (exact) mass is 329 g/mol. The number of hydrogen-bond donors (Lipinski definition) is 1. The van der Waals surface area contributed by atoms with Crippen LogP contribution < -0.4 is 9.47 Å². The van der Waals surface area contributed by atoms with Crippen LogP contribution in [0.1, 0.15) is 15.9 Å². The average molecular weight is 330 g/mol. The first-order chi connectivity index (χ1) is 11.1. The second-order valence-electron chi connectivity index (χ2n) is 5.18. The quantitative estimate of drug-likeness (QED) is 0.711. The Morgan fingerprint density at radius 1 is 1.09 bits per heavy atom. The number of carbonyl (C=O) groups excluding carboxylic acids is 1. The molecule has 23 heavy (non-hydrogen) atoms. The zero-order valence-corrected chi connectivity index (χ0v) is 13.6. The maximum atomic E-state index is 12.6. The first-order valence-electron chi connectivity index (χ1n) is 7.13. The third-order valence-corrected chi connectivity index (χ3v) is 3.99. The van der Waals surface area contributed by atoms with E-state index in [1.165, 1.54) is 0 Å². The first-order valence-corrected chi connectivity index (χ1v) is 7.51. The number of H-pyrrole nitrogens is 1. The molecule has 0 radical (unpaired) electrons. The maximum absolute atomic E-state index is 12.6. The number of aromatic amines is 1. The molecule has 1 N–H and O–H groups in total. The lowest BCUT2D eigenvalue weighted by molar-refractivity contribution is 0.0994. The van der Waals surface area contributed by atoms with Gasteiger partial charge in [0.15, 0.2) is 17.3 Å². The van der Waals surface area contributed by atoms with Gasteiger partial charge in [-0.3, -0.25) is 4.79 Å². The molecule has 5 heteroatoms. The lowest BCUT2D eigenvalue weighted by atomic mass is 10.0. The number of aromatic nitrogens is 1. The molecule has 0 spiro atoms. The van der Waals surface area contributed by atoms with E-state index in [1.807, 2.05) is 24.3 Å². The summed E-state index contributed by atoms with van der Waals surface area (Å²) in [5, 5.41) is 1.51. The van der Waals surface area contributed by atoms with Crippen LogP contribution in [0, 0.1) is 0 Å². The highest BCUT2D eigenvalue weighted by molar-refractivity contribution is 6.31. The number of nitrogens with one attached hydrogen (secondary N) is 1. The molecule has 0 atom stereocenters. The minimum atomic E-state index is 0.0331. The molecule has 0 unspecified atom stereocenters. The second-order valence-corrected chi connectivity index (χ2v) is 5.62. The standard InChI is InChI=1S/C18H16ClNO3/c1-22-17-6-3-11(8-18(17)23-2)7-16(21)14-10-20-15-9-12(19)4-5-13(14)15/h3-6,8-10,20H,7H2,1-2H3. The number of carbonyl (C=O) groups is 1. The van der Waals surface area contributed by atoms with Crippen LogP contribution in [0.25, 0.3) is 10.9 Å². The maximum Gasteiger partial charge on any atom is 0.169 e. The van der Waals surface area contributed by atoms with Crippen molar-refractivity contribution in [2.75, 3.05) is 14.2 Å². The molecular weight excluding hydrogens is 314 g/mol. The van der Waals surface area contributed by atoms with Crippen molar-refractivity contribution in [3.8, 4) is 11.5 Å². The molecule has 0 aliphatic carbocycles. The summed E-state index contributed by atoms with van der Waals surface area (Å²) in [5.41, 5.74) is 2.38. The normalized spacial score (nSPS) is 10.7. The van der Waals surface area contributed by atoms with Gasteiger partial charge in [0.1, 0.15) is 0 Å². The third kappa shape index (κ3) is 3.03. The fourth-order valence-corrected chi connectivity index (χ4v) is 2.77. The summed E-state index contributed by atoms with van der Waals surface area (Å²) in [5.74, 6) is 1.29. The van der Waals surface area contributed by atoms with E-state index in [9.17, 15) is 4.79 Å². The van der Waals surface area contributed by atoms with E-state index in [0.29, 0.717) is 22.1 Å². The van der Waals surface area contributed by atoms with Crippen LogP contribution in [0.4, 0.5) is 0 Å². The fourth-order valence-electron chi connectivity index (χ4n) is 2.60. The molecule has 0 saturated carbocycles. The number of benzene rings is 2. The highest BCUT2D eigenvalue weighted by Gasteiger charge is 2.14. The average Bonchev–Trinajstić information content (AvgIpc) is 2.97. The molecule has 0 aliphatic rings. The van der Waals surface area contributed by atoms with Gasteiger partial charge in [-0.05, 0) is 29.8 Å². The lowest BCUT2D eigenvalue weighted by Crippen LogP contribution is -2.03. The highest BCUT2D eigenvalue weighted by Crippen LogP contribution is 2.29. The summed E-state index contributed by atoms with van der Waals surface area (Å²) in [7, 11) is 3.16. The fraction of sp³-hybridized carbons (Fsp3) is 0.167. The summed E-state index contributed by atoms with van der Waals surface area (Å²) < 4.78 is 10.5. The molecule has 0 saturated heterocycles. The summed E-state index contributed by atoms with van der Waals surface area (Å²) in [4.78, 5) is 15.7. The van der Waals surface area contributed by atoms with Crippen LogP contribution >= 0.6 is 11.6 Å². The Morgan fingerprint density at radius 3 is 2.61 bits per heavy atom. The van der Waals surface area contributed by atoms with Crippen molar-refractivity contribution in [2.45, 2.75) is 6.42 Å². The molecule has 2 aromatic carbocycles. The molecule has 0 fully saturated rings. The zero-order chi connectivity index (χ0) is 16.4. The van der Waals surface area contributed by atoms with Crippen LogP contribution in [0.15, 0.2) is 42.6 Å². The van der Waals surface area contributed by atoms with Crippen molar-refractivity contribution in [3.63, 3.8) is 0 Å². The van der Waals surface area contributed by atoms with Crippen molar-refractivity contribution in [1.82, 2.24) is 4.98 Å². The minimum absolute atomic E-state index is 0.0331. The molecule has 1 aromatic heterocycles. The lowest BCUT2D eigenvalue weighted by Gasteiger charge is -2.09. The van der Waals surface area contributed by atoms with E-state index in [2.05, 4.69) is 4.98 Å². The molecule has 0 amide bonds. The number of methoxy groups -OCH3 is 2. The second kappa shape index (κ2) is 6.34. The molecule has 3 aromatic rings. The Hall–Kier alpha value is -2.46. The van der Waals surface area contributed by atoms with Crippen molar-refractivity contribution >= 4 is 28.3 Å². The molecule has 0 bridgehead atoms. The van der Waals surface area contributed by atoms with Gasteiger partial charge >= 0.3 is 0 Å². The van der Waals surface area contributed by atoms with E-state index in [1.54, 1.807) is 32.5 Å². The van der Waals surface area contributed by atoms with Crippen molar-refractivity contribution in [3.05, 3.63) is 58.7 Å². The largest absolute Gasteiger partial charge is 0.493 e. The van der Waals surface area contributed by atoms with Gasteiger partial charge in [0, 0.05) is 34.1 Å². The number of fused-ring (bicyclic) bond motifs is 1. The molecule has 118 valence electrons. The van der Waals surface area contributed by atoms with Gasteiger partial charge in [-0.15, -0.1) is 0 Å². The van der Waals surface area contributed by atoms with Crippen LogP contribution in [0.3, 0.4) is 0 Å². The van der Waals surface area contributed by atoms with E-state index in [0.717, 1.165) is 16.5 Å². The predicted molar refractivity (Wildman–Crippen MR) is 90.9 cm³/mol. The highest BCUT2D eigenvalue weighted by atomic mass is 35.5. The number of rotatable bonds is 5. The van der Waals surface area contributed by atoms with Crippen LogP contribution in [0.5, 0.6) is 11.5 Å². The van der Waals surface area contributed by atoms with Crippen molar-refractivity contribution in [2.24, 2.45) is 0 Å². The summed E-state index contributed by atoms with van der Waals surface area (Å²) in [6.07, 6.45) is 2.01. The SMILES string of the molecule is COc1ccc(CC(=O)c2c[nH]c3cc(Cl)ccc23)cc1OC. The van der Waals surface area contributed by atoms with Crippen LogP contribution in [-0.4, -0.2) is 25.0 Å². The van der Waals surface area contributed by atoms with Gasteiger partial charge in [0.2, 0.25) is 0 Å². The number of ether oxygens (including phenoxy) is 2. The van der Waals surface area contributed by atoms with E-state index in [-0.39, 0.29) is 12.2 Å².